The summed E-state index contributed by atoms with van der Waals surface area (Å²) in [6.07, 6.45) is 5.98. The fourth-order valence-corrected chi connectivity index (χ4v) is 5.73. The Labute approximate surface area is 224 Å². The molecule has 206 valence electrons. The lowest BCUT2D eigenvalue weighted by Crippen LogP contribution is -2.61. The molecule has 2 amide bonds. The molecule has 2 aromatic rings. The monoisotopic (exact) mass is 523 g/mol. The van der Waals surface area contributed by atoms with E-state index < -0.39 is 16.9 Å². The number of aromatic nitrogens is 1. The van der Waals surface area contributed by atoms with Gasteiger partial charge in [-0.3, -0.25) is 14.4 Å². The molecule has 0 radical (unpaired) electrons. The number of aliphatic hydroxyl groups is 2. The van der Waals surface area contributed by atoms with Crippen molar-refractivity contribution >= 4 is 11.8 Å². The van der Waals surface area contributed by atoms with Crippen LogP contribution in [0.2, 0.25) is 0 Å². The zero-order valence-corrected chi connectivity index (χ0v) is 23.0. The number of pyridine rings is 1. The number of rotatable bonds is 8. The van der Waals surface area contributed by atoms with Gasteiger partial charge >= 0.3 is 0 Å². The molecule has 0 bridgehead atoms. The molecule has 0 unspecified atom stereocenters. The van der Waals surface area contributed by atoms with Gasteiger partial charge in [0.25, 0.3) is 11.5 Å². The highest BCUT2D eigenvalue weighted by Gasteiger charge is 2.49. The van der Waals surface area contributed by atoms with E-state index in [1.807, 2.05) is 44.2 Å². The van der Waals surface area contributed by atoms with Crippen molar-refractivity contribution in [1.82, 2.24) is 14.4 Å². The molecule has 4 rings (SSSR count). The number of nitrogens with zero attached hydrogens (tertiary/aromatic N) is 3. The normalized spacial score (nSPS) is 22.0. The number of benzene rings is 1. The number of likely N-dealkylation sites (tertiary alicyclic amines) is 1. The van der Waals surface area contributed by atoms with Crippen molar-refractivity contribution in [3.63, 3.8) is 0 Å². The lowest BCUT2D eigenvalue weighted by molar-refractivity contribution is -0.159. The van der Waals surface area contributed by atoms with Gasteiger partial charge in [-0.1, -0.05) is 63.4 Å². The fourth-order valence-electron chi connectivity index (χ4n) is 5.73. The van der Waals surface area contributed by atoms with Gasteiger partial charge in [-0.05, 0) is 24.3 Å². The summed E-state index contributed by atoms with van der Waals surface area (Å²) in [6.45, 7) is 4.32. The molecule has 2 N–H and O–H groups in total. The third kappa shape index (κ3) is 5.57. The zero-order valence-electron chi connectivity index (χ0n) is 23.0. The summed E-state index contributed by atoms with van der Waals surface area (Å²) >= 11 is 0. The van der Waals surface area contributed by atoms with E-state index in [1.54, 1.807) is 25.2 Å². The second-order valence-corrected chi connectivity index (χ2v) is 12.0. The van der Waals surface area contributed by atoms with Gasteiger partial charge in [-0.15, -0.1) is 0 Å². The van der Waals surface area contributed by atoms with E-state index in [1.165, 1.54) is 22.0 Å². The first-order valence-electron chi connectivity index (χ1n) is 13.6. The highest BCUT2D eigenvalue weighted by Crippen LogP contribution is 2.41. The first-order valence-corrected chi connectivity index (χ1v) is 13.6. The Balaban J connectivity index is 1.58. The number of hydrogen-bond donors (Lipinski definition) is 2. The molecule has 0 spiro atoms. The maximum absolute atomic E-state index is 13.3. The first-order chi connectivity index (χ1) is 18.0. The van der Waals surface area contributed by atoms with Crippen molar-refractivity contribution < 1.29 is 19.8 Å². The SMILES string of the molecule is CN(C)C(=O)c1cn(C[C@]2(O)CCN(C(=O)[C@H](CO)CC3CCC3)CC2(C)C)c(=O)cc1-c1ccccc1. The summed E-state index contributed by atoms with van der Waals surface area (Å²) < 4.78 is 1.43. The quantitative estimate of drug-likeness (QED) is 0.554. The average Bonchev–Trinajstić information content (AvgIpc) is 2.86. The summed E-state index contributed by atoms with van der Waals surface area (Å²) in [5.41, 5.74) is -0.588. The summed E-state index contributed by atoms with van der Waals surface area (Å²) in [5, 5.41) is 21.7. The fraction of sp³-hybridized carbons (Fsp3) is 0.567. The Hall–Kier alpha value is -2.97. The van der Waals surface area contributed by atoms with E-state index in [-0.39, 0.29) is 36.9 Å². The van der Waals surface area contributed by atoms with Crippen LogP contribution in [0.5, 0.6) is 0 Å². The van der Waals surface area contributed by atoms with Gasteiger partial charge in [0.15, 0.2) is 0 Å². The Morgan fingerprint density at radius 2 is 1.84 bits per heavy atom. The molecule has 1 aromatic heterocycles. The van der Waals surface area contributed by atoms with Crippen LogP contribution in [-0.4, -0.2) is 75.8 Å². The molecule has 8 nitrogen and oxygen atoms in total. The van der Waals surface area contributed by atoms with Crippen molar-refractivity contribution in [2.24, 2.45) is 17.3 Å². The number of piperidine rings is 1. The lowest BCUT2D eigenvalue weighted by Gasteiger charge is -2.51. The highest BCUT2D eigenvalue weighted by molar-refractivity contribution is 6.00. The number of carbonyl (C=O) groups excluding carboxylic acids is 2. The van der Waals surface area contributed by atoms with Gasteiger partial charge in [0.1, 0.15) is 0 Å². The van der Waals surface area contributed by atoms with Gasteiger partial charge < -0.3 is 24.6 Å². The van der Waals surface area contributed by atoms with Crippen molar-refractivity contribution in [2.75, 3.05) is 33.8 Å². The van der Waals surface area contributed by atoms with E-state index in [2.05, 4.69) is 0 Å². The molecule has 2 heterocycles. The van der Waals surface area contributed by atoms with Crippen LogP contribution < -0.4 is 5.56 Å². The molecular formula is C30H41N3O5. The molecule has 1 aliphatic carbocycles. The second kappa shape index (κ2) is 11.0. The van der Waals surface area contributed by atoms with Gasteiger partial charge in [0, 0.05) is 50.4 Å². The predicted molar refractivity (Wildman–Crippen MR) is 147 cm³/mol. The second-order valence-electron chi connectivity index (χ2n) is 12.0. The Kier molecular flexibility index (Phi) is 8.14. The Morgan fingerprint density at radius 3 is 2.39 bits per heavy atom. The zero-order chi connectivity index (χ0) is 27.7. The third-order valence-corrected chi connectivity index (χ3v) is 8.64. The van der Waals surface area contributed by atoms with E-state index >= 15 is 0 Å². The lowest BCUT2D eigenvalue weighted by atomic mass is 9.69. The summed E-state index contributed by atoms with van der Waals surface area (Å²) in [5.74, 6) is -0.186. The third-order valence-electron chi connectivity index (χ3n) is 8.64. The van der Waals surface area contributed by atoms with Gasteiger partial charge in [0.05, 0.1) is 30.2 Å². The summed E-state index contributed by atoms with van der Waals surface area (Å²) in [4.78, 5) is 42.8. The van der Waals surface area contributed by atoms with Crippen LogP contribution in [-0.2, 0) is 11.3 Å². The molecule has 8 heteroatoms. The number of amides is 2. The minimum Gasteiger partial charge on any atom is -0.396 e. The van der Waals surface area contributed by atoms with Crippen LogP contribution in [0.3, 0.4) is 0 Å². The van der Waals surface area contributed by atoms with E-state index in [4.69, 9.17) is 0 Å². The minimum absolute atomic E-state index is 0.00907. The van der Waals surface area contributed by atoms with E-state index in [9.17, 15) is 24.6 Å². The van der Waals surface area contributed by atoms with Crippen LogP contribution in [0.15, 0.2) is 47.4 Å². The van der Waals surface area contributed by atoms with Gasteiger partial charge in [-0.2, -0.15) is 0 Å². The van der Waals surface area contributed by atoms with E-state index in [0.717, 1.165) is 18.4 Å². The molecule has 2 fully saturated rings. The maximum atomic E-state index is 13.3. The van der Waals surface area contributed by atoms with Crippen molar-refractivity contribution in [2.45, 2.75) is 58.1 Å². The van der Waals surface area contributed by atoms with Crippen LogP contribution in [0.1, 0.15) is 56.3 Å². The minimum atomic E-state index is -1.27. The Bertz CT molecular complexity index is 1220. The standard InChI is InChI=1S/C30H41N3O5/c1-29(2)19-32(27(36)23(18-34)15-21-9-8-10-21)14-13-30(29,38)20-33-17-25(28(37)31(3)4)24(16-26(33)35)22-11-6-5-7-12-22/h5-7,11-12,16-17,21,23,34,38H,8-10,13-15,18-20H2,1-4H3/t23-,30+/m0/s1. The molecule has 2 aliphatic rings. The molecule has 1 aromatic carbocycles. The topological polar surface area (TPSA) is 103 Å². The number of carbonyl (C=O) groups is 2. The molecule has 2 atom stereocenters. The first kappa shape index (κ1) is 28.0. The van der Waals surface area contributed by atoms with Crippen LogP contribution in [0, 0.1) is 17.3 Å². The molecule has 1 saturated carbocycles. The largest absolute Gasteiger partial charge is 0.396 e. The van der Waals surface area contributed by atoms with Crippen molar-refractivity contribution in [3.05, 3.63) is 58.5 Å². The van der Waals surface area contributed by atoms with Crippen LogP contribution >= 0.6 is 0 Å². The van der Waals surface area contributed by atoms with Gasteiger partial charge in [0.2, 0.25) is 5.91 Å². The van der Waals surface area contributed by atoms with Crippen molar-refractivity contribution in [3.8, 4) is 11.1 Å². The predicted octanol–water partition coefficient (Wildman–Crippen LogP) is 3.01. The van der Waals surface area contributed by atoms with Gasteiger partial charge in [-0.25, -0.2) is 0 Å². The Morgan fingerprint density at radius 1 is 1.16 bits per heavy atom. The number of aliphatic hydroxyl groups excluding tert-OH is 1. The number of hydrogen-bond acceptors (Lipinski definition) is 5. The average molecular weight is 524 g/mol. The highest BCUT2D eigenvalue weighted by atomic mass is 16.3. The van der Waals surface area contributed by atoms with E-state index in [0.29, 0.717) is 36.6 Å². The smallest absolute Gasteiger partial charge is 0.255 e. The summed E-state index contributed by atoms with van der Waals surface area (Å²) in [6, 6.07) is 10.8. The molecule has 38 heavy (non-hydrogen) atoms. The van der Waals surface area contributed by atoms with Crippen molar-refractivity contribution in [1.29, 1.82) is 0 Å². The van der Waals surface area contributed by atoms with Crippen LogP contribution in [0.25, 0.3) is 11.1 Å². The molecule has 1 saturated heterocycles. The summed E-state index contributed by atoms with van der Waals surface area (Å²) in [7, 11) is 3.33. The molecular weight excluding hydrogens is 482 g/mol. The molecule has 1 aliphatic heterocycles. The van der Waals surface area contributed by atoms with Crippen LogP contribution in [0.4, 0.5) is 0 Å². The maximum Gasteiger partial charge on any atom is 0.255 e.